The van der Waals surface area contributed by atoms with Gasteiger partial charge >= 0.3 is 6.09 Å². The van der Waals surface area contributed by atoms with E-state index in [9.17, 15) is 15.0 Å². The van der Waals surface area contributed by atoms with Crippen LogP contribution in [0.5, 0.6) is 5.75 Å². The molecule has 7 heteroatoms. The summed E-state index contributed by atoms with van der Waals surface area (Å²) in [5.74, 6) is 0.610. The number of benzene rings is 4. The zero-order valence-corrected chi connectivity index (χ0v) is 33.7. The quantitative estimate of drug-likeness (QED) is 0.137. The van der Waals surface area contributed by atoms with Gasteiger partial charge in [0, 0.05) is 34.0 Å². The number of rotatable bonds is 8. The second kappa shape index (κ2) is 13.8. The van der Waals surface area contributed by atoms with Gasteiger partial charge in [-0.05, 0) is 109 Å². The second-order valence-corrected chi connectivity index (χ2v) is 18.9. The molecule has 9 unspecified atom stereocenters. The van der Waals surface area contributed by atoms with E-state index in [4.69, 9.17) is 9.47 Å². The maximum Gasteiger partial charge on any atom is 0.415 e. The molecule has 11 rings (SSSR count). The van der Waals surface area contributed by atoms with Crippen LogP contribution in [-0.2, 0) is 4.74 Å². The summed E-state index contributed by atoms with van der Waals surface area (Å²) in [5.41, 5.74) is 0.349. The molecule has 6 aliphatic carbocycles. The topological polar surface area (TPSA) is 96.3 Å². The largest absolute Gasteiger partial charge is 0.415 e. The van der Waals surface area contributed by atoms with Crippen LogP contribution < -0.4 is 4.74 Å². The monoisotopic (exact) mass is 777 g/mol. The summed E-state index contributed by atoms with van der Waals surface area (Å²) in [7, 11) is 0. The Labute approximate surface area is 341 Å². The van der Waals surface area contributed by atoms with Crippen molar-refractivity contribution < 1.29 is 29.3 Å². The van der Waals surface area contributed by atoms with Crippen molar-refractivity contribution in [1.29, 1.82) is 0 Å². The first-order valence-electron chi connectivity index (χ1n) is 21.6. The van der Waals surface area contributed by atoms with Gasteiger partial charge in [-0.3, -0.25) is 4.79 Å². The first kappa shape index (κ1) is 37.7. The van der Waals surface area contributed by atoms with Crippen LogP contribution in [0.4, 0.5) is 4.79 Å². The lowest BCUT2D eigenvalue weighted by atomic mass is 9.32. The Hall–Kier alpha value is -4.56. The maximum absolute atomic E-state index is 15.5. The van der Waals surface area contributed by atoms with E-state index in [-0.39, 0.29) is 35.7 Å². The zero-order valence-electron chi connectivity index (χ0n) is 33.7. The third-order valence-corrected chi connectivity index (χ3v) is 16.3. The summed E-state index contributed by atoms with van der Waals surface area (Å²) < 4.78 is 12.2. The first-order chi connectivity index (χ1) is 28.0. The molecule has 7 aliphatic rings. The van der Waals surface area contributed by atoms with Gasteiger partial charge in [0.25, 0.3) is 0 Å². The predicted octanol–water partition coefficient (Wildman–Crippen LogP) is 9.96. The maximum atomic E-state index is 15.5. The van der Waals surface area contributed by atoms with Crippen LogP contribution in [0.1, 0.15) is 82.0 Å². The number of carbonyl (C=O) groups excluding carboxylic acids is 2. The van der Waals surface area contributed by atoms with E-state index >= 15 is 4.79 Å². The van der Waals surface area contributed by atoms with Gasteiger partial charge < -0.3 is 24.6 Å². The molecule has 4 fully saturated rings. The van der Waals surface area contributed by atoms with Crippen LogP contribution in [0.15, 0.2) is 121 Å². The number of hydrogen-bond acceptors (Lipinski definition) is 6. The van der Waals surface area contributed by atoms with E-state index in [0.29, 0.717) is 37.3 Å². The smallest absolute Gasteiger partial charge is 0.410 e. The van der Waals surface area contributed by atoms with Crippen molar-refractivity contribution in [2.45, 2.75) is 89.4 Å². The molecule has 1 saturated heterocycles. The normalized spacial score (nSPS) is 35.8. The van der Waals surface area contributed by atoms with E-state index < -0.39 is 34.0 Å². The molecule has 4 aromatic carbocycles. The third-order valence-electron chi connectivity index (χ3n) is 16.3. The molecule has 7 nitrogen and oxygen atoms in total. The number of hydrogen-bond donors (Lipinski definition) is 2. The Morgan fingerprint density at radius 1 is 0.810 bits per heavy atom. The van der Waals surface area contributed by atoms with Crippen molar-refractivity contribution >= 4 is 22.6 Å². The van der Waals surface area contributed by atoms with E-state index in [1.807, 2.05) is 84.9 Å². The summed E-state index contributed by atoms with van der Waals surface area (Å²) >= 11 is 0. The molecule has 300 valence electrons. The first-order valence-corrected chi connectivity index (χ1v) is 21.6. The fourth-order valence-corrected chi connectivity index (χ4v) is 13.2. The standard InChI is InChI=1S/C51H55NO6/c1-47-23-20-37(53)30-49(47)26-27-51(42(31-49)45(54)41-17-9-8-16-40(41)35-12-4-3-5-13-35)43(47)21-24-48(2)44(51)22-25-50(48,56)33-52(32-39-15-10-28-57-39)46(55)58-38-19-18-34-11-6-7-14-36(34)29-38/h3-9,11-14,16-19,26-27,29,31,37,39,43-44,53,56H,10,15,20-25,28,30,32-33H2,1-2H3. The molecule has 3 saturated carbocycles. The van der Waals surface area contributed by atoms with Crippen molar-refractivity contribution in [2.24, 2.45) is 33.5 Å². The van der Waals surface area contributed by atoms with Crippen molar-refractivity contribution in [1.82, 2.24) is 4.90 Å². The van der Waals surface area contributed by atoms with Gasteiger partial charge in [0.05, 0.1) is 30.9 Å². The Bertz CT molecular complexity index is 2330. The molecule has 1 heterocycles. The summed E-state index contributed by atoms with van der Waals surface area (Å²) in [6.07, 6.45) is 12.8. The number of carbonyl (C=O) groups is 2. The molecule has 2 spiro atoms. The number of nitrogens with zero attached hydrogens (tertiary/aromatic N) is 1. The molecule has 0 aromatic heterocycles. The van der Waals surface area contributed by atoms with Crippen molar-refractivity contribution in [3.8, 4) is 16.9 Å². The Balaban J connectivity index is 1.03. The highest BCUT2D eigenvalue weighted by Gasteiger charge is 2.74. The lowest BCUT2D eigenvalue weighted by Gasteiger charge is -2.71. The van der Waals surface area contributed by atoms with Crippen molar-refractivity contribution in [3.05, 3.63) is 126 Å². The van der Waals surface area contributed by atoms with E-state index in [2.05, 4.69) is 44.2 Å². The summed E-state index contributed by atoms with van der Waals surface area (Å²) in [6, 6.07) is 31.8. The number of ether oxygens (including phenoxy) is 2. The van der Waals surface area contributed by atoms with Gasteiger partial charge in [-0.1, -0.05) is 117 Å². The van der Waals surface area contributed by atoms with E-state index in [1.54, 1.807) is 4.90 Å². The van der Waals surface area contributed by atoms with Crippen LogP contribution in [0.2, 0.25) is 0 Å². The second-order valence-electron chi connectivity index (χ2n) is 18.9. The van der Waals surface area contributed by atoms with Gasteiger partial charge in [-0.2, -0.15) is 0 Å². The van der Waals surface area contributed by atoms with Gasteiger partial charge in [0.1, 0.15) is 5.75 Å². The molecule has 4 aromatic rings. The molecular formula is C51H55NO6. The third kappa shape index (κ3) is 5.56. The molecule has 2 N–H and O–H groups in total. The Kier molecular flexibility index (Phi) is 8.94. The van der Waals surface area contributed by atoms with Crippen LogP contribution in [0.25, 0.3) is 21.9 Å². The number of allylic oxidation sites excluding steroid dienone is 4. The number of ketones is 1. The van der Waals surface area contributed by atoms with Gasteiger partial charge in [0.2, 0.25) is 0 Å². The Morgan fingerprint density at radius 2 is 1.53 bits per heavy atom. The minimum atomic E-state index is -1.24. The Morgan fingerprint density at radius 3 is 2.34 bits per heavy atom. The van der Waals surface area contributed by atoms with Gasteiger partial charge in [0.15, 0.2) is 5.78 Å². The fraction of sp³-hybridized carbons (Fsp3) is 0.451. The zero-order chi connectivity index (χ0) is 39.9. The summed E-state index contributed by atoms with van der Waals surface area (Å²) in [6.45, 7) is 5.76. The SMILES string of the molecule is CC12CCC(O)CC13C=CC1(C(C(=O)c4ccccc4-c4ccccc4)=C3)C2CCC2(C)C1CCC2(O)CN(CC1CCCO1)C(=O)Oc1ccc2ccccc2c1. The minimum Gasteiger partial charge on any atom is -0.410 e. The molecule has 58 heavy (non-hydrogen) atoms. The molecule has 1 aliphatic heterocycles. The van der Waals surface area contributed by atoms with Gasteiger partial charge in [-0.15, -0.1) is 0 Å². The molecule has 9 atom stereocenters. The molecule has 2 bridgehead atoms. The van der Waals surface area contributed by atoms with Crippen LogP contribution in [-0.4, -0.2) is 64.5 Å². The average Bonchev–Trinajstić information content (AvgIpc) is 3.85. The number of aliphatic hydroxyl groups is 2. The van der Waals surface area contributed by atoms with Crippen molar-refractivity contribution in [3.63, 3.8) is 0 Å². The highest BCUT2D eigenvalue weighted by Crippen LogP contribution is 2.78. The predicted molar refractivity (Wildman–Crippen MR) is 225 cm³/mol. The highest BCUT2D eigenvalue weighted by atomic mass is 16.6. The fourth-order valence-electron chi connectivity index (χ4n) is 13.2. The van der Waals surface area contributed by atoms with Crippen LogP contribution >= 0.6 is 0 Å². The molecule has 0 radical (unpaired) electrons. The highest BCUT2D eigenvalue weighted by molar-refractivity contribution is 6.14. The van der Waals surface area contributed by atoms with E-state index in [0.717, 1.165) is 72.4 Å². The number of Topliss-reactive ketones (excluding diaryl/α,β-unsaturated/α-hetero) is 1. The summed E-state index contributed by atoms with van der Waals surface area (Å²) in [4.78, 5) is 31.6. The number of aliphatic hydroxyl groups excluding tert-OH is 1. The van der Waals surface area contributed by atoms with E-state index in [1.165, 1.54) is 0 Å². The lowest BCUT2D eigenvalue weighted by molar-refractivity contribution is -0.175. The van der Waals surface area contributed by atoms with Crippen molar-refractivity contribution in [2.75, 3.05) is 19.7 Å². The molecule has 1 amide bonds. The summed E-state index contributed by atoms with van der Waals surface area (Å²) in [5, 5.41) is 26.5. The van der Waals surface area contributed by atoms with Crippen LogP contribution in [0.3, 0.4) is 0 Å². The minimum absolute atomic E-state index is 0.0361. The average molecular weight is 778 g/mol. The van der Waals surface area contributed by atoms with Crippen LogP contribution in [0, 0.1) is 33.5 Å². The number of fused-ring (bicyclic) bond motifs is 2. The number of amides is 1. The lowest BCUT2D eigenvalue weighted by Crippen LogP contribution is -2.67. The van der Waals surface area contributed by atoms with Gasteiger partial charge in [-0.25, -0.2) is 4.79 Å². The molecular weight excluding hydrogens is 723 g/mol.